The first-order valence-corrected chi connectivity index (χ1v) is 7.38. The normalized spacial score (nSPS) is 12.2. The highest BCUT2D eigenvalue weighted by molar-refractivity contribution is 9.10. The maximum atomic E-state index is 13.5. The summed E-state index contributed by atoms with van der Waals surface area (Å²) in [6, 6.07) is 5.05. The van der Waals surface area contributed by atoms with Gasteiger partial charge in [-0.3, -0.25) is 0 Å². The van der Waals surface area contributed by atoms with Crippen LogP contribution in [0.4, 0.5) is 4.39 Å². The number of benzene rings is 1. The van der Waals surface area contributed by atoms with Crippen LogP contribution in [-0.2, 0) is 6.42 Å². The minimum Gasteiger partial charge on any atom is -0.206 e. The van der Waals surface area contributed by atoms with E-state index in [2.05, 4.69) is 29.8 Å². The molecule has 0 bridgehead atoms. The first kappa shape index (κ1) is 15.3. The van der Waals surface area contributed by atoms with Crippen molar-refractivity contribution in [2.24, 2.45) is 11.3 Å². The number of halogens is 4. The van der Waals surface area contributed by atoms with Crippen molar-refractivity contribution in [3.63, 3.8) is 0 Å². The van der Waals surface area contributed by atoms with Crippen LogP contribution < -0.4 is 0 Å². The molecule has 1 aromatic carbocycles. The van der Waals surface area contributed by atoms with Crippen molar-refractivity contribution < 1.29 is 4.39 Å². The van der Waals surface area contributed by atoms with Gasteiger partial charge in [-0.2, -0.15) is 0 Å². The molecular weight excluding hydrogens is 326 g/mol. The molecule has 0 aliphatic rings. The zero-order chi connectivity index (χ0) is 13.1. The highest BCUT2D eigenvalue weighted by atomic mass is 79.9. The maximum absolute atomic E-state index is 13.5. The second kappa shape index (κ2) is 6.40. The Hall–Kier alpha value is 0.210. The van der Waals surface area contributed by atoms with Gasteiger partial charge in [0.05, 0.1) is 4.47 Å². The summed E-state index contributed by atoms with van der Waals surface area (Å²) in [4.78, 5) is 0. The summed E-state index contributed by atoms with van der Waals surface area (Å²) in [5.74, 6) is 1.03. The summed E-state index contributed by atoms with van der Waals surface area (Å²) in [7, 11) is 0. The summed E-state index contributed by atoms with van der Waals surface area (Å²) < 4.78 is 14.0. The number of hydrogen-bond acceptors (Lipinski definition) is 0. The Bertz CT molecular complexity index is 376. The number of alkyl halides is 2. The van der Waals surface area contributed by atoms with Crippen molar-refractivity contribution in [2.75, 3.05) is 11.8 Å². The van der Waals surface area contributed by atoms with Gasteiger partial charge in [0, 0.05) is 17.2 Å². The predicted molar refractivity (Wildman–Crippen MR) is 76.5 cm³/mol. The van der Waals surface area contributed by atoms with E-state index in [1.165, 1.54) is 6.07 Å². The minimum absolute atomic E-state index is 0.195. The van der Waals surface area contributed by atoms with Crippen LogP contribution >= 0.6 is 39.1 Å². The molecule has 1 aromatic rings. The van der Waals surface area contributed by atoms with Gasteiger partial charge in [-0.05, 0) is 39.9 Å². The second-order valence-electron chi connectivity index (χ2n) is 4.67. The van der Waals surface area contributed by atoms with E-state index in [1.54, 1.807) is 6.07 Å². The fraction of sp³-hybridized carbons (Fsp3) is 0.538. The van der Waals surface area contributed by atoms with Crippen molar-refractivity contribution >= 4 is 39.1 Å². The Balaban J connectivity index is 3.06. The zero-order valence-electron chi connectivity index (χ0n) is 9.94. The topological polar surface area (TPSA) is 0 Å². The Morgan fingerprint density at radius 2 is 1.88 bits per heavy atom. The smallest absolute Gasteiger partial charge is 0.137 e. The second-order valence-corrected chi connectivity index (χ2v) is 6.00. The SMILES string of the molecule is CC(C)C(CCl)(CCl)Cc1cccc(F)c1Br. The van der Waals surface area contributed by atoms with Gasteiger partial charge in [0.1, 0.15) is 5.82 Å². The molecule has 0 unspecified atom stereocenters. The minimum atomic E-state index is -0.246. The van der Waals surface area contributed by atoms with Gasteiger partial charge in [-0.25, -0.2) is 4.39 Å². The molecule has 4 heteroatoms. The first-order chi connectivity index (χ1) is 7.96. The van der Waals surface area contributed by atoms with Crippen molar-refractivity contribution in [3.05, 3.63) is 34.1 Å². The largest absolute Gasteiger partial charge is 0.206 e. The Morgan fingerprint density at radius 3 is 2.35 bits per heavy atom. The van der Waals surface area contributed by atoms with E-state index in [9.17, 15) is 4.39 Å². The lowest BCUT2D eigenvalue weighted by Crippen LogP contribution is -2.34. The van der Waals surface area contributed by atoms with Crippen LogP contribution in [-0.4, -0.2) is 11.8 Å². The lowest BCUT2D eigenvalue weighted by Gasteiger charge is -2.34. The van der Waals surface area contributed by atoms with Crippen LogP contribution in [0, 0.1) is 17.2 Å². The quantitative estimate of drug-likeness (QED) is 0.641. The molecule has 17 heavy (non-hydrogen) atoms. The standard InChI is InChI=1S/C13H16BrCl2F/c1-9(2)13(7-15,8-16)6-10-4-3-5-11(17)12(10)14/h3-5,9H,6-8H2,1-2H3. The van der Waals surface area contributed by atoms with Gasteiger partial charge in [0.25, 0.3) is 0 Å². The van der Waals surface area contributed by atoms with Crippen molar-refractivity contribution in [1.29, 1.82) is 0 Å². The van der Waals surface area contributed by atoms with Crippen molar-refractivity contribution in [3.8, 4) is 0 Å². The maximum Gasteiger partial charge on any atom is 0.137 e. The lowest BCUT2D eigenvalue weighted by molar-refractivity contribution is 0.258. The van der Waals surface area contributed by atoms with E-state index in [1.807, 2.05) is 6.07 Å². The highest BCUT2D eigenvalue weighted by Crippen LogP contribution is 2.37. The molecule has 0 aliphatic heterocycles. The summed E-state index contributed by atoms with van der Waals surface area (Å²) in [6.45, 7) is 4.19. The van der Waals surface area contributed by atoms with E-state index >= 15 is 0 Å². The molecule has 0 aliphatic carbocycles. The summed E-state index contributed by atoms with van der Waals surface area (Å²) in [6.07, 6.45) is 0.677. The highest BCUT2D eigenvalue weighted by Gasteiger charge is 2.33. The lowest BCUT2D eigenvalue weighted by atomic mass is 9.76. The molecular formula is C13H16BrCl2F. The van der Waals surface area contributed by atoms with Gasteiger partial charge in [0.2, 0.25) is 0 Å². The van der Waals surface area contributed by atoms with Gasteiger partial charge in [-0.15, -0.1) is 23.2 Å². The predicted octanol–water partition coefficient (Wildman–Crippen LogP) is 5.25. The molecule has 0 saturated heterocycles. The van der Waals surface area contributed by atoms with E-state index in [4.69, 9.17) is 23.2 Å². The van der Waals surface area contributed by atoms with E-state index in [-0.39, 0.29) is 11.2 Å². The number of hydrogen-bond donors (Lipinski definition) is 0. The summed E-state index contributed by atoms with van der Waals surface area (Å²) in [5, 5.41) is 0. The van der Waals surface area contributed by atoms with Crippen LogP contribution in [0.2, 0.25) is 0 Å². The molecule has 0 N–H and O–H groups in total. The molecule has 0 fully saturated rings. The zero-order valence-corrected chi connectivity index (χ0v) is 13.0. The summed E-state index contributed by atoms with van der Waals surface area (Å²) >= 11 is 15.4. The van der Waals surface area contributed by atoms with Gasteiger partial charge in [0.15, 0.2) is 0 Å². The molecule has 0 aromatic heterocycles. The molecule has 0 saturated carbocycles. The van der Waals surface area contributed by atoms with Gasteiger partial charge in [-0.1, -0.05) is 26.0 Å². The van der Waals surface area contributed by atoms with E-state index in [0.717, 1.165) is 5.56 Å². The number of rotatable bonds is 5. The van der Waals surface area contributed by atoms with Gasteiger partial charge >= 0.3 is 0 Å². The first-order valence-electron chi connectivity index (χ1n) is 5.51. The van der Waals surface area contributed by atoms with E-state index < -0.39 is 0 Å². The fourth-order valence-corrected chi connectivity index (χ4v) is 3.20. The molecule has 96 valence electrons. The van der Waals surface area contributed by atoms with Crippen LogP contribution in [0.5, 0.6) is 0 Å². The van der Waals surface area contributed by atoms with Crippen LogP contribution in [0.25, 0.3) is 0 Å². The average Bonchev–Trinajstić information content (AvgIpc) is 2.31. The van der Waals surface area contributed by atoms with Crippen LogP contribution in [0.15, 0.2) is 22.7 Å². The monoisotopic (exact) mass is 340 g/mol. The van der Waals surface area contributed by atoms with Crippen molar-refractivity contribution in [2.45, 2.75) is 20.3 Å². The summed E-state index contributed by atoms with van der Waals surface area (Å²) in [5.41, 5.74) is 0.722. The molecule has 0 atom stereocenters. The van der Waals surface area contributed by atoms with Crippen LogP contribution in [0.3, 0.4) is 0 Å². The van der Waals surface area contributed by atoms with E-state index in [0.29, 0.717) is 28.6 Å². The Labute approximate surface area is 121 Å². The molecule has 0 heterocycles. The fourth-order valence-electron chi connectivity index (χ4n) is 1.71. The molecule has 0 spiro atoms. The average molecular weight is 342 g/mol. The van der Waals surface area contributed by atoms with Gasteiger partial charge < -0.3 is 0 Å². The van der Waals surface area contributed by atoms with Crippen molar-refractivity contribution in [1.82, 2.24) is 0 Å². The Morgan fingerprint density at radius 1 is 1.29 bits per heavy atom. The van der Waals surface area contributed by atoms with Crippen LogP contribution in [0.1, 0.15) is 19.4 Å². The molecule has 1 rings (SSSR count). The third-order valence-corrected chi connectivity index (χ3v) is 5.28. The third-order valence-electron chi connectivity index (χ3n) is 3.33. The Kier molecular flexibility index (Phi) is 5.75. The third kappa shape index (κ3) is 3.36. The molecule has 0 amide bonds. The molecule has 0 radical (unpaired) electrons. The molecule has 0 nitrogen and oxygen atoms in total.